The molecule has 0 saturated carbocycles. The number of hydrogen-bond donors (Lipinski definition) is 0. The summed E-state index contributed by atoms with van der Waals surface area (Å²) in [5.74, 6) is 0.751. The van der Waals surface area contributed by atoms with Crippen molar-refractivity contribution in [1.82, 2.24) is 9.88 Å². The first-order valence-corrected chi connectivity index (χ1v) is 10.4. The monoisotopic (exact) mass is 401 g/mol. The van der Waals surface area contributed by atoms with Gasteiger partial charge in [0.15, 0.2) is 0 Å². The number of amides is 1. The average Bonchev–Trinajstić information content (AvgIpc) is 2.82. The molecule has 5 nitrogen and oxygen atoms in total. The van der Waals surface area contributed by atoms with E-state index >= 15 is 0 Å². The fourth-order valence-corrected chi connectivity index (χ4v) is 4.04. The lowest BCUT2D eigenvalue weighted by molar-refractivity contribution is 0.0958. The molecule has 0 aliphatic carbocycles. The Hall–Kier alpha value is -3.18. The second kappa shape index (κ2) is 9.55. The van der Waals surface area contributed by atoms with Crippen LogP contribution >= 0.6 is 0 Å². The van der Waals surface area contributed by atoms with Crippen LogP contribution in [0.25, 0.3) is 0 Å². The molecule has 2 heterocycles. The van der Waals surface area contributed by atoms with E-state index in [0.717, 1.165) is 43.9 Å². The fraction of sp³-hybridized carbons (Fsp3) is 0.280. The van der Waals surface area contributed by atoms with Crippen LogP contribution in [0.15, 0.2) is 79.1 Å². The average molecular weight is 402 g/mol. The molecular weight excluding hydrogens is 374 g/mol. The van der Waals surface area contributed by atoms with Crippen LogP contribution in [0.1, 0.15) is 28.8 Å². The lowest BCUT2D eigenvalue weighted by atomic mass is 10.0. The van der Waals surface area contributed by atoms with Gasteiger partial charge in [-0.25, -0.2) is 0 Å². The van der Waals surface area contributed by atoms with Crippen LogP contribution in [0.5, 0.6) is 5.75 Å². The fourth-order valence-electron chi connectivity index (χ4n) is 4.04. The predicted molar refractivity (Wildman–Crippen MR) is 119 cm³/mol. The Morgan fingerprint density at radius 1 is 1.03 bits per heavy atom. The van der Waals surface area contributed by atoms with Gasteiger partial charge in [-0.05, 0) is 54.8 Å². The van der Waals surface area contributed by atoms with Crippen LogP contribution in [0.2, 0.25) is 0 Å². The maximum atomic E-state index is 13.5. The number of pyridine rings is 1. The molecule has 4 rings (SSSR count). The number of benzene rings is 2. The number of carbonyl (C=O) groups excluding carboxylic acids is 1. The third-order valence-corrected chi connectivity index (χ3v) is 5.65. The van der Waals surface area contributed by atoms with E-state index in [1.807, 2.05) is 47.4 Å². The largest absolute Gasteiger partial charge is 0.497 e. The molecule has 0 unspecified atom stereocenters. The quantitative estimate of drug-likeness (QED) is 0.614. The lowest BCUT2D eigenvalue weighted by Gasteiger charge is -2.38. The second-order valence-corrected chi connectivity index (χ2v) is 7.61. The standard InChI is InChI=1S/C25H27N3O2/c1-30-24-11-9-21(10-12-24)25(29)28(23-8-5-15-26-18-23)22-13-16-27(17-14-22)19-20-6-3-2-4-7-20/h2-12,15,18,22H,13-14,16-17,19H2,1H3. The van der Waals surface area contributed by atoms with Crippen molar-refractivity contribution in [3.05, 3.63) is 90.3 Å². The predicted octanol–water partition coefficient (Wildman–Crippen LogP) is 4.40. The summed E-state index contributed by atoms with van der Waals surface area (Å²) in [4.78, 5) is 22.1. The smallest absolute Gasteiger partial charge is 0.258 e. The van der Waals surface area contributed by atoms with E-state index in [1.165, 1.54) is 5.56 Å². The van der Waals surface area contributed by atoms with Crippen molar-refractivity contribution in [3.8, 4) is 5.75 Å². The minimum Gasteiger partial charge on any atom is -0.497 e. The molecular formula is C25H27N3O2. The minimum absolute atomic E-state index is 0.00663. The van der Waals surface area contributed by atoms with Gasteiger partial charge in [0.1, 0.15) is 5.75 Å². The first kappa shape index (κ1) is 20.1. The number of likely N-dealkylation sites (tertiary alicyclic amines) is 1. The molecule has 1 fully saturated rings. The molecule has 5 heteroatoms. The SMILES string of the molecule is COc1ccc(C(=O)N(c2cccnc2)C2CCN(Cc3ccccc3)CC2)cc1. The zero-order valence-electron chi connectivity index (χ0n) is 17.3. The molecule has 2 aromatic carbocycles. The maximum absolute atomic E-state index is 13.5. The number of ether oxygens (including phenoxy) is 1. The Morgan fingerprint density at radius 2 is 1.77 bits per heavy atom. The molecule has 0 bridgehead atoms. The van der Waals surface area contributed by atoms with E-state index in [2.05, 4.69) is 34.1 Å². The first-order valence-electron chi connectivity index (χ1n) is 10.4. The van der Waals surface area contributed by atoms with E-state index in [4.69, 9.17) is 4.74 Å². The van der Waals surface area contributed by atoms with E-state index in [1.54, 1.807) is 19.5 Å². The van der Waals surface area contributed by atoms with Gasteiger partial charge in [0.2, 0.25) is 0 Å². The minimum atomic E-state index is 0.00663. The molecule has 0 N–H and O–H groups in total. The van der Waals surface area contributed by atoms with Gasteiger partial charge in [0, 0.05) is 37.4 Å². The summed E-state index contributed by atoms with van der Waals surface area (Å²) in [6, 6.07) is 21.9. The van der Waals surface area contributed by atoms with Crippen LogP contribution < -0.4 is 9.64 Å². The maximum Gasteiger partial charge on any atom is 0.258 e. The lowest BCUT2D eigenvalue weighted by Crippen LogP contribution is -2.47. The van der Waals surface area contributed by atoms with Crippen molar-refractivity contribution in [2.24, 2.45) is 0 Å². The Bertz CT molecular complexity index is 937. The van der Waals surface area contributed by atoms with E-state index in [9.17, 15) is 4.79 Å². The summed E-state index contributed by atoms with van der Waals surface area (Å²) < 4.78 is 5.23. The molecule has 0 atom stereocenters. The van der Waals surface area contributed by atoms with Crippen LogP contribution in [-0.2, 0) is 6.54 Å². The summed E-state index contributed by atoms with van der Waals surface area (Å²) in [6.45, 7) is 2.88. The Balaban J connectivity index is 1.50. The number of hydrogen-bond acceptors (Lipinski definition) is 4. The van der Waals surface area contributed by atoms with Gasteiger partial charge in [-0.2, -0.15) is 0 Å². The summed E-state index contributed by atoms with van der Waals surface area (Å²) in [6.07, 6.45) is 5.38. The van der Waals surface area contributed by atoms with Gasteiger partial charge >= 0.3 is 0 Å². The van der Waals surface area contributed by atoms with Crippen LogP contribution in [0, 0.1) is 0 Å². The zero-order valence-corrected chi connectivity index (χ0v) is 17.3. The number of rotatable bonds is 6. The molecule has 30 heavy (non-hydrogen) atoms. The van der Waals surface area contributed by atoms with Crippen LogP contribution in [-0.4, -0.2) is 42.0 Å². The van der Waals surface area contributed by atoms with E-state index in [0.29, 0.717) is 5.56 Å². The van der Waals surface area contributed by atoms with Crippen LogP contribution in [0.3, 0.4) is 0 Å². The number of aromatic nitrogens is 1. The number of nitrogens with zero attached hydrogens (tertiary/aromatic N) is 3. The van der Waals surface area contributed by atoms with Crippen molar-refractivity contribution in [3.63, 3.8) is 0 Å². The summed E-state index contributed by atoms with van der Waals surface area (Å²) in [5.41, 5.74) is 2.83. The molecule has 154 valence electrons. The van der Waals surface area contributed by atoms with Gasteiger partial charge in [-0.15, -0.1) is 0 Å². The zero-order chi connectivity index (χ0) is 20.8. The molecule has 0 radical (unpaired) electrons. The molecule has 3 aromatic rings. The number of piperidine rings is 1. The normalized spacial score (nSPS) is 15.0. The van der Waals surface area contributed by atoms with Gasteiger partial charge in [-0.3, -0.25) is 14.7 Å². The second-order valence-electron chi connectivity index (χ2n) is 7.61. The molecule has 1 saturated heterocycles. The molecule has 1 amide bonds. The molecule has 1 aromatic heterocycles. The van der Waals surface area contributed by atoms with Crippen molar-refractivity contribution in [2.75, 3.05) is 25.1 Å². The molecule has 1 aliphatic rings. The highest BCUT2D eigenvalue weighted by atomic mass is 16.5. The summed E-state index contributed by atoms with van der Waals surface area (Å²) >= 11 is 0. The van der Waals surface area contributed by atoms with Crippen molar-refractivity contribution in [2.45, 2.75) is 25.4 Å². The highest BCUT2D eigenvalue weighted by Crippen LogP contribution is 2.26. The highest BCUT2D eigenvalue weighted by Gasteiger charge is 2.30. The molecule has 0 spiro atoms. The highest BCUT2D eigenvalue weighted by molar-refractivity contribution is 6.06. The van der Waals surface area contributed by atoms with Gasteiger partial charge < -0.3 is 9.64 Å². The Morgan fingerprint density at radius 3 is 2.40 bits per heavy atom. The van der Waals surface area contributed by atoms with Gasteiger partial charge in [0.25, 0.3) is 5.91 Å². The number of anilines is 1. The van der Waals surface area contributed by atoms with E-state index in [-0.39, 0.29) is 11.9 Å². The summed E-state index contributed by atoms with van der Waals surface area (Å²) in [7, 11) is 1.63. The molecule has 1 aliphatic heterocycles. The van der Waals surface area contributed by atoms with Crippen molar-refractivity contribution in [1.29, 1.82) is 0 Å². The summed E-state index contributed by atoms with van der Waals surface area (Å²) in [5, 5.41) is 0. The van der Waals surface area contributed by atoms with Crippen molar-refractivity contribution < 1.29 is 9.53 Å². The van der Waals surface area contributed by atoms with Crippen LogP contribution in [0.4, 0.5) is 5.69 Å². The Kier molecular flexibility index (Phi) is 6.40. The first-order chi connectivity index (χ1) is 14.7. The Labute approximate surface area is 177 Å². The number of carbonyl (C=O) groups is 1. The topological polar surface area (TPSA) is 45.7 Å². The van der Waals surface area contributed by atoms with Gasteiger partial charge in [0.05, 0.1) is 19.0 Å². The number of methoxy groups -OCH3 is 1. The van der Waals surface area contributed by atoms with E-state index < -0.39 is 0 Å². The van der Waals surface area contributed by atoms with Crippen molar-refractivity contribution >= 4 is 11.6 Å². The third kappa shape index (κ3) is 4.69. The third-order valence-electron chi connectivity index (χ3n) is 5.65. The van der Waals surface area contributed by atoms with Gasteiger partial charge in [-0.1, -0.05) is 30.3 Å².